The van der Waals surface area contributed by atoms with Crippen molar-refractivity contribution in [1.82, 2.24) is 0 Å². The molecule has 0 aromatic heterocycles. The molecule has 0 amide bonds. The van der Waals surface area contributed by atoms with Gasteiger partial charge in [-0.05, 0) is 25.0 Å². The molecule has 6 nitrogen and oxygen atoms in total. The van der Waals surface area contributed by atoms with Crippen LogP contribution in [0.1, 0.15) is 29.6 Å². The predicted octanol–water partition coefficient (Wildman–Crippen LogP) is 2.84. The second-order valence-electron chi connectivity index (χ2n) is 4.81. The van der Waals surface area contributed by atoms with Gasteiger partial charge in [0.2, 0.25) is 0 Å². The standard InChI is InChI=1S/C13H14F4O6S/c14-12(15,13(16,17)24(20,21)22)7-3-4-8-23-11(19)9-5-1-2-6-10(9)18/h1-2,5-6,18H,3-4,7-8H2,(H,20,21,22). The topological polar surface area (TPSA) is 101 Å². The van der Waals surface area contributed by atoms with Crippen LogP contribution in [0.4, 0.5) is 17.6 Å². The molecule has 1 aromatic rings. The highest BCUT2D eigenvalue weighted by Gasteiger charge is 2.64. The fourth-order valence-corrected chi connectivity index (χ4v) is 2.15. The maximum absolute atomic E-state index is 13.2. The molecule has 136 valence electrons. The zero-order chi connectivity index (χ0) is 18.6. The molecule has 0 unspecified atom stereocenters. The van der Waals surface area contributed by atoms with Gasteiger partial charge in [-0.15, -0.1) is 0 Å². The van der Waals surface area contributed by atoms with Crippen molar-refractivity contribution in [3.63, 3.8) is 0 Å². The molecule has 24 heavy (non-hydrogen) atoms. The number of alkyl halides is 4. The van der Waals surface area contributed by atoms with Gasteiger partial charge in [-0.3, -0.25) is 4.55 Å². The maximum atomic E-state index is 13.2. The van der Waals surface area contributed by atoms with Crippen LogP contribution in [-0.4, -0.2) is 41.8 Å². The highest BCUT2D eigenvalue weighted by atomic mass is 32.2. The van der Waals surface area contributed by atoms with Crippen LogP contribution in [0.2, 0.25) is 0 Å². The lowest BCUT2D eigenvalue weighted by Gasteiger charge is -2.23. The van der Waals surface area contributed by atoms with E-state index in [2.05, 4.69) is 4.74 Å². The number of para-hydroxylation sites is 1. The lowest BCUT2D eigenvalue weighted by Crippen LogP contribution is -2.46. The van der Waals surface area contributed by atoms with Crippen molar-refractivity contribution < 1.29 is 45.2 Å². The fourth-order valence-electron chi connectivity index (χ4n) is 1.67. The van der Waals surface area contributed by atoms with Gasteiger partial charge < -0.3 is 9.84 Å². The molecule has 0 aliphatic carbocycles. The van der Waals surface area contributed by atoms with Crippen LogP contribution in [0.3, 0.4) is 0 Å². The third kappa shape index (κ3) is 4.57. The van der Waals surface area contributed by atoms with Gasteiger partial charge in [0.05, 0.1) is 6.61 Å². The van der Waals surface area contributed by atoms with Crippen molar-refractivity contribution in [1.29, 1.82) is 0 Å². The maximum Gasteiger partial charge on any atom is 0.431 e. The number of phenolic OH excluding ortho intramolecular Hbond substituents is 1. The molecule has 0 aliphatic rings. The minimum absolute atomic E-state index is 0.152. The molecule has 0 fully saturated rings. The largest absolute Gasteiger partial charge is 0.507 e. The first-order valence-electron chi connectivity index (χ1n) is 6.58. The van der Waals surface area contributed by atoms with Crippen LogP contribution >= 0.6 is 0 Å². The van der Waals surface area contributed by atoms with Crippen LogP contribution in [0.15, 0.2) is 24.3 Å². The van der Waals surface area contributed by atoms with Gasteiger partial charge in [-0.2, -0.15) is 26.0 Å². The van der Waals surface area contributed by atoms with Crippen molar-refractivity contribution in [3.8, 4) is 5.75 Å². The average molecular weight is 374 g/mol. The number of carbonyl (C=O) groups excluding carboxylic acids is 1. The summed E-state index contributed by atoms with van der Waals surface area (Å²) in [5.41, 5.74) is -0.152. The van der Waals surface area contributed by atoms with Crippen LogP contribution in [0.5, 0.6) is 5.75 Å². The molecule has 0 radical (unpaired) electrons. The molecule has 1 rings (SSSR count). The number of benzene rings is 1. The Hall–Kier alpha value is -1.88. The van der Waals surface area contributed by atoms with Crippen molar-refractivity contribution in [2.24, 2.45) is 0 Å². The van der Waals surface area contributed by atoms with Crippen LogP contribution < -0.4 is 0 Å². The van der Waals surface area contributed by atoms with E-state index in [4.69, 9.17) is 4.55 Å². The Morgan fingerprint density at radius 3 is 2.25 bits per heavy atom. The first kappa shape index (κ1) is 20.2. The Kier molecular flexibility index (Phi) is 6.17. The first-order valence-corrected chi connectivity index (χ1v) is 8.02. The van der Waals surface area contributed by atoms with Gasteiger partial charge in [-0.25, -0.2) is 4.79 Å². The van der Waals surface area contributed by atoms with E-state index in [1.165, 1.54) is 24.3 Å². The monoisotopic (exact) mass is 374 g/mol. The van der Waals surface area contributed by atoms with Crippen LogP contribution in [0, 0.1) is 0 Å². The molecular formula is C13H14F4O6S. The Morgan fingerprint density at radius 2 is 1.71 bits per heavy atom. The number of hydrogen-bond donors (Lipinski definition) is 2. The average Bonchev–Trinajstić information content (AvgIpc) is 2.45. The second-order valence-corrected chi connectivity index (χ2v) is 6.27. The molecule has 0 saturated carbocycles. The van der Waals surface area contributed by atoms with Gasteiger partial charge in [0.15, 0.2) is 0 Å². The molecule has 0 atom stereocenters. The fraction of sp³-hybridized carbons (Fsp3) is 0.462. The van der Waals surface area contributed by atoms with Crippen LogP contribution in [0.25, 0.3) is 0 Å². The van der Waals surface area contributed by atoms with Gasteiger partial charge in [-0.1, -0.05) is 12.1 Å². The Bertz CT molecular complexity index is 689. The number of esters is 1. The van der Waals surface area contributed by atoms with Gasteiger partial charge >= 0.3 is 27.3 Å². The molecule has 2 N–H and O–H groups in total. The predicted molar refractivity (Wildman–Crippen MR) is 73.7 cm³/mol. The molecule has 0 spiro atoms. The number of halogens is 4. The number of phenols is 1. The molecule has 0 heterocycles. The Balaban J connectivity index is 2.47. The highest BCUT2D eigenvalue weighted by Crippen LogP contribution is 2.41. The van der Waals surface area contributed by atoms with E-state index < -0.39 is 46.7 Å². The van der Waals surface area contributed by atoms with E-state index in [0.717, 1.165) is 0 Å². The summed E-state index contributed by atoms with van der Waals surface area (Å²) >= 11 is 0. The van der Waals surface area contributed by atoms with E-state index in [9.17, 15) is 35.9 Å². The second kappa shape index (κ2) is 7.34. The van der Waals surface area contributed by atoms with Crippen molar-refractivity contribution in [2.45, 2.75) is 30.4 Å². The number of aromatic hydroxyl groups is 1. The lowest BCUT2D eigenvalue weighted by molar-refractivity contribution is -0.164. The SMILES string of the molecule is O=C(OCCCCC(F)(F)C(F)(F)S(=O)(=O)O)c1ccccc1O. The molecule has 1 aromatic carbocycles. The van der Waals surface area contributed by atoms with Crippen molar-refractivity contribution in [3.05, 3.63) is 29.8 Å². The summed E-state index contributed by atoms with van der Waals surface area (Å²) in [6.45, 7) is -0.402. The highest BCUT2D eigenvalue weighted by molar-refractivity contribution is 7.87. The number of ether oxygens (including phenoxy) is 1. The Labute approximate surface area is 134 Å². The summed E-state index contributed by atoms with van der Waals surface area (Å²) in [5, 5.41) is 3.79. The van der Waals surface area contributed by atoms with Gasteiger partial charge in [0.1, 0.15) is 11.3 Å². The third-order valence-electron chi connectivity index (χ3n) is 2.99. The number of rotatable bonds is 8. The number of unbranched alkanes of at least 4 members (excludes halogenated alkanes) is 1. The quantitative estimate of drug-likeness (QED) is 0.314. The summed E-state index contributed by atoms with van der Waals surface area (Å²) in [7, 11) is -6.25. The lowest BCUT2D eigenvalue weighted by atomic mass is 10.1. The van der Waals surface area contributed by atoms with Gasteiger partial charge in [0, 0.05) is 6.42 Å². The zero-order valence-corrected chi connectivity index (χ0v) is 12.9. The van der Waals surface area contributed by atoms with Crippen LogP contribution in [-0.2, 0) is 14.9 Å². The van der Waals surface area contributed by atoms with Gasteiger partial charge in [0.25, 0.3) is 0 Å². The molecule has 0 saturated heterocycles. The minimum atomic E-state index is -6.25. The van der Waals surface area contributed by atoms with E-state index >= 15 is 0 Å². The van der Waals surface area contributed by atoms with Crippen molar-refractivity contribution in [2.75, 3.05) is 6.61 Å². The summed E-state index contributed by atoms with van der Waals surface area (Å²) in [4.78, 5) is 11.6. The van der Waals surface area contributed by atoms with E-state index in [-0.39, 0.29) is 17.7 Å². The molecule has 11 heteroatoms. The normalized spacial score (nSPS) is 12.9. The first-order chi connectivity index (χ1) is 10.9. The minimum Gasteiger partial charge on any atom is -0.507 e. The third-order valence-corrected chi connectivity index (χ3v) is 3.94. The zero-order valence-electron chi connectivity index (χ0n) is 12.1. The number of carbonyl (C=O) groups is 1. The van der Waals surface area contributed by atoms with E-state index in [0.29, 0.717) is 0 Å². The van der Waals surface area contributed by atoms with E-state index in [1.807, 2.05) is 0 Å². The summed E-state index contributed by atoms with van der Waals surface area (Å²) in [5.74, 6) is -6.24. The molecule has 0 bridgehead atoms. The van der Waals surface area contributed by atoms with Crippen molar-refractivity contribution >= 4 is 16.1 Å². The Morgan fingerprint density at radius 1 is 1.12 bits per heavy atom. The number of hydrogen-bond acceptors (Lipinski definition) is 5. The summed E-state index contributed by atoms with van der Waals surface area (Å²) in [6.07, 6.45) is -2.38. The smallest absolute Gasteiger partial charge is 0.431 e. The summed E-state index contributed by atoms with van der Waals surface area (Å²) in [6, 6.07) is 5.41. The van der Waals surface area contributed by atoms with E-state index in [1.54, 1.807) is 0 Å². The molecule has 0 aliphatic heterocycles. The molecular weight excluding hydrogens is 360 g/mol. The summed E-state index contributed by atoms with van der Waals surface area (Å²) < 4.78 is 85.6.